The van der Waals surface area contributed by atoms with Crippen LogP contribution in [0.1, 0.15) is 52.5 Å². The average molecular weight is 476 g/mol. The summed E-state index contributed by atoms with van der Waals surface area (Å²) in [6.45, 7) is 6.43. The number of ether oxygens (including phenoxy) is 1. The van der Waals surface area contributed by atoms with E-state index < -0.39 is 29.1 Å². The van der Waals surface area contributed by atoms with Gasteiger partial charge in [0.1, 0.15) is 17.2 Å². The lowest BCUT2D eigenvalue weighted by atomic mass is 10.0. The number of carbonyl (C=O) groups is 3. The molecule has 1 aromatic heterocycles. The Bertz CT molecular complexity index is 1200. The van der Waals surface area contributed by atoms with Crippen LogP contribution >= 0.6 is 0 Å². The van der Waals surface area contributed by atoms with E-state index in [1.54, 1.807) is 17.0 Å². The number of benzene rings is 1. The largest absolute Gasteiger partial charge is 0.444 e. The predicted molar refractivity (Wildman–Crippen MR) is 123 cm³/mol. The Hall–Kier alpha value is -3.37. The van der Waals surface area contributed by atoms with Gasteiger partial charge in [0.25, 0.3) is 0 Å². The van der Waals surface area contributed by atoms with Crippen molar-refractivity contribution in [2.75, 3.05) is 18.4 Å². The first-order chi connectivity index (χ1) is 16.0. The highest BCUT2D eigenvalue weighted by Crippen LogP contribution is 2.29. The number of amides is 3. The molecule has 11 heteroatoms. The second kappa shape index (κ2) is 8.77. The summed E-state index contributed by atoms with van der Waals surface area (Å²) < 4.78 is 23.4. The monoisotopic (exact) mass is 475 g/mol. The molecule has 3 amide bonds. The van der Waals surface area contributed by atoms with E-state index in [0.717, 1.165) is 0 Å². The number of imide groups is 1. The SMILES string of the molecule is Cn1c(=O)n(C2CCC(=O)NC2=O)c2ccc(NC3CCN(C(=O)OC(C)(C)C)CC3)c(F)c21. The van der Waals surface area contributed by atoms with Crippen molar-refractivity contribution in [2.24, 2.45) is 7.05 Å². The fourth-order valence-electron chi connectivity index (χ4n) is 4.52. The van der Waals surface area contributed by atoms with Gasteiger partial charge >= 0.3 is 11.8 Å². The number of piperidine rings is 2. The third-order valence-electron chi connectivity index (χ3n) is 6.21. The van der Waals surface area contributed by atoms with Gasteiger partial charge < -0.3 is 15.0 Å². The molecule has 0 saturated carbocycles. The molecule has 2 N–H and O–H groups in total. The Morgan fingerprint density at radius 1 is 1.15 bits per heavy atom. The number of anilines is 1. The highest BCUT2D eigenvalue weighted by atomic mass is 19.1. The Balaban J connectivity index is 1.52. The van der Waals surface area contributed by atoms with E-state index in [1.165, 1.54) is 16.2 Å². The van der Waals surface area contributed by atoms with Crippen LogP contribution in [-0.4, -0.2) is 56.7 Å². The fourth-order valence-corrected chi connectivity index (χ4v) is 4.52. The number of aromatic nitrogens is 2. The normalized spacial score (nSPS) is 19.9. The Labute approximate surface area is 196 Å². The van der Waals surface area contributed by atoms with E-state index in [2.05, 4.69) is 10.6 Å². The second-order valence-electron chi connectivity index (χ2n) is 9.86. The van der Waals surface area contributed by atoms with E-state index >= 15 is 4.39 Å². The lowest BCUT2D eigenvalue weighted by Gasteiger charge is -2.34. The molecule has 2 fully saturated rings. The number of carbonyl (C=O) groups excluding carboxylic acids is 3. The summed E-state index contributed by atoms with van der Waals surface area (Å²) in [5.74, 6) is -1.53. The van der Waals surface area contributed by atoms with Crippen LogP contribution in [0.5, 0.6) is 0 Å². The summed E-state index contributed by atoms with van der Waals surface area (Å²) in [7, 11) is 1.46. The number of halogens is 1. The van der Waals surface area contributed by atoms with Crippen molar-refractivity contribution < 1.29 is 23.5 Å². The lowest BCUT2D eigenvalue weighted by Crippen LogP contribution is -2.44. The summed E-state index contributed by atoms with van der Waals surface area (Å²) in [5, 5.41) is 5.44. The minimum atomic E-state index is -0.871. The number of imidazole rings is 1. The van der Waals surface area contributed by atoms with Crippen LogP contribution in [0.25, 0.3) is 11.0 Å². The molecule has 0 aliphatic carbocycles. The van der Waals surface area contributed by atoms with Crippen molar-refractivity contribution in [3.8, 4) is 0 Å². The fraction of sp³-hybridized carbons (Fsp3) is 0.565. The van der Waals surface area contributed by atoms with Crippen LogP contribution in [0.15, 0.2) is 16.9 Å². The Morgan fingerprint density at radius 2 is 1.82 bits per heavy atom. The van der Waals surface area contributed by atoms with Crippen LogP contribution in [0.2, 0.25) is 0 Å². The molecule has 10 nitrogen and oxygen atoms in total. The molecule has 184 valence electrons. The molecular formula is C23H30FN5O5. The lowest BCUT2D eigenvalue weighted by molar-refractivity contribution is -0.135. The molecule has 2 saturated heterocycles. The maximum atomic E-state index is 15.5. The quantitative estimate of drug-likeness (QED) is 0.659. The predicted octanol–water partition coefficient (Wildman–Crippen LogP) is 2.27. The van der Waals surface area contributed by atoms with Crippen LogP contribution in [-0.2, 0) is 21.4 Å². The van der Waals surface area contributed by atoms with E-state index in [4.69, 9.17) is 4.74 Å². The van der Waals surface area contributed by atoms with Crippen molar-refractivity contribution in [3.63, 3.8) is 0 Å². The standard InChI is InChI=1S/C23H30FN5O5/c1-23(2,3)34-22(33)28-11-9-13(10-12-28)25-14-5-6-15-19(18(14)24)27(4)21(32)29(15)16-7-8-17(30)26-20(16)31/h5-6,13,16,25H,7-12H2,1-4H3,(H,26,30,31). The Morgan fingerprint density at radius 3 is 2.44 bits per heavy atom. The number of hydrogen-bond acceptors (Lipinski definition) is 6. The second-order valence-corrected chi connectivity index (χ2v) is 9.86. The van der Waals surface area contributed by atoms with Crippen molar-refractivity contribution in [3.05, 3.63) is 28.4 Å². The molecule has 4 rings (SSSR count). The third kappa shape index (κ3) is 4.51. The van der Waals surface area contributed by atoms with E-state index in [9.17, 15) is 19.2 Å². The van der Waals surface area contributed by atoms with Crippen LogP contribution < -0.4 is 16.3 Å². The molecule has 0 radical (unpaired) electrons. The molecule has 2 aliphatic heterocycles. The zero-order valence-corrected chi connectivity index (χ0v) is 19.8. The number of likely N-dealkylation sites (tertiary alicyclic amines) is 1. The first kappa shape index (κ1) is 23.8. The molecule has 3 heterocycles. The molecule has 1 atom stereocenters. The molecule has 34 heavy (non-hydrogen) atoms. The van der Waals surface area contributed by atoms with Crippen LogP contribution in [0.3, 0.4) is 0 Å². The van der Waals surface area contributed by atoms with Gasteiger partial charge in [0.15, 0.2) is 5.82 Å². The highest BCUT2D eigenvalue weighted by molar-refractivity contribution is 6.00. The van der Waals surface area contributed by atoms with Crippen LogP contribution in [0.4, 0.5) is 14.9 Å². The number of hydrogen-bond donors (Lipinski definition) is 2. The minimum absolute atomic E-state index is 0.0557. The summed E-state index contributed by atoms with van der Waals surface area (Å²) in [6.07, 6.45) is 1.17. The molecule has 0 spiro atoms. The number of fused-ring (bicyclic) bond motifs is 1. The number of aryl methyl sites for hydroxylation is 1. The summed E-state index contributed by atoms with van der Waals surface area (Å²) in [6, 6.07) is 2.24. The summed E-state index contributed by atoms with van der Waals surface area (Å²) in [5.41, 5.74) is -0.452. The van der Waals surface area contributed by atoms with Gasteiger partial charge in [-0.25, -0.2) is 14.0 Å². The number of nitrogens with one attached hydrogen (secondary N) is 2. The Kier molecular flexibility index (Phi) is 6.13. The van der Waals surface area contributed by atoms with Crippen molar-refractivity contribution in [1.29, 1.82) is 0 Å². The smallest absolute Gasteiger partial charge is 0.410 e. The topological polar surface area (TPSA) is 115 Å². The van der Waals surface area contributed by atoms with E-state index in [1.807, 2.05) is 20.8 Å². The molecule has 2 aliphatic rings. The average Bonchev–Trinajstić information content (AvgIpc) is 3.00. The van der Waals surface area contributed by atoms with Gasteiger partial charge in [-0.05, 0) is 52.2 Å². The van der Waals surface area contributed by atoms with Gasteiger partial charge in [-0.15, -0.1) is 0 Å². The molecule has 1 unspecified atom stereocenters. The van der Waals surface area contributed by atoms with Crippen molar-refractivity contribution in [2.45, 2.75) is 64.1 Å². The van der Waals surface area contributed by atoms with Gasteiger partial charge in [0.2, 0.25) is 11.8 Å². The van der Waals surface area contributed by atoms with Gasteiger partial charge in [0, 0.05) is 32.6 Å². The minimum Gasteiger partial charge on any atom is -0.444 e. The summed E-state index contributed by atoms with van der Waals surface area (Å²) in [4.78, 5) is 50.6. The van der Waals surface area contributed by atoms with Crippen molar-refractivity contribution >= 4 is 34.6 Å². The first-order valence-electron chi connectivity index (χ1n) is 11.4. The van der Waals surface area contributed by atoms with E-state index in [0.29, 0.717) is 31.4 Å². The highest BCUT2D eigenvalue weighted by Gasteiger charge is 2.32. The third-order valence-corrected chi connectivity index (χ3v) is 6.21. The molecule has 1 aromatic carbocycles. The molecule has 0 bridgehead atoms. The van der Waals surface area contributed by atoms with E-state index in [-0.39, 0.29) is 42.1 Å². The van der Waals surface area contributed by atoms with Gasteiger partial charge in [-0.1, -0.05) is 0 Å². The first-order valence-corrected chi connectivity index (χ1v) is 11.4. The maximum Gasteiger partial charge on any atom is 0.410 e. The van der Waals surface area contributed by atoms with Gasteiger partial charge in [-0.2, -0.15) is 0 Å². The summed E-state index contributed by atoms with van der Waals surface area (Å²) >= 11 is 0. The molecular weight excluding hydrogens is 445 g/mol. The zero-order valence-electron chi connectivity index (χ0n) is 19.8. The van der Waals surface area contributed by atoms with Gasteiger partial charge in [0.05, 0.1) is 11.2 Å². The molecule has 2 aromatic rings. The van der Waals surface area contributed by atoms with Crippen LogP contribution in [0, 0.1) is 5.82 Å². The number of rotatable bonds is 3. The zero-order chi connectivity index (χ0) is 24.8. The van der Waals surface area contributed by atoms with Crippen molar-refractivity contribution in [1.82, 2.24) is 19.4 Å². The van der Waals surface area contributed by atoms with Gasteiger partial charge in [-0.3, -0.25) is 24.0 Å². The number of nitrogens with zero attached hydrogens (tertiary/aromatic N) is 3. The maximum absolute atomic E-state index is 15.5.